The molecule has 3 rings (SSSR count). The summed E-state index contributed by atoms with van der Waals surface area (Å²) in [5.74, 6) is 0.835. The lowest BCUT2D eigenvalue weighted by Crippen LogP contribution is -2.48. The highest BCUT2D eigenvalue weighted by atomic mass is 35.5. The van der Waals surface area contributed by atoms with Crippen LogP contribution in [0, 0.1) is 5.92 Å². The van der Waals surface area contributed by atoms with Gasteiger partial charge in [0.15, 0.2) is 0 Å². The molecule has 26 heavy (non-hydrogen) atoms. The summed E-state index contributed by atoms with van der Waals surface area (Å²) in [6.45, 7) is 3.68. The normalized spacial score (nSPS) is 19.5. The zero-order valence-corrected chi connectivity index (χ0v) is 15.7. The van der Waals surface area contributed by atoms with Crippen LogP contribution in [0.1, 0.15) is 31.2 Å². The molecule has 1 aromatic carbocycles. The van der Waals surface area contributed by atoms with Gasteiger partial charge in [-0.25, -0.2) is 4.79 Å². The molecule has 2 aliphatic heterocycles. The average Bonchev–Trinajstić information content (AvgIpc) is 3.18. The summed E-state index contributed by atoms with van der Waals surface area (Å²) >= 11 is 6.07. The first-order valence-electron chi connectivity index (χ1n) is 9.26. The molecule has 142 valence electrons. The molecule has 0 bridgehead atoms. The van der Waals surface area contributed by atoms with Gasteiger partial charge in [0, 0.05) is 37.2 Å². The Balaban J connectivity index is 1.55. The van der Waals surface area contributed by atoms with Crippen LogP contribution < -0.4 is 10.5 Å². The van der Waals surface area contributed by atoms with E-state index in [2.05, 4.69) is 0 Å². The van der Waals surface area contributed by atoms with Crippen LogP contribution in [0.25, 0.3) is 0 Å². The lowest BCUT2D eigenvalue weighted by Gasteiger charge is -2.36. The van der Waals surface area contributed by atoms with E-state index in [1.165, 1.54) is 0 Å². The molecule has 1 aromatic rings. The van der Waals surface area contributed by atoms with E-state index in [9.17, 15) is 9.59 Å². The molecule has 2 amide bonds. The molecule has 2 N–H and O–H groups in total. The highest BCUT2D eigenvalue weighted by Gasteiger charge is 2.30. The molecule has 2 saturated heterocycles. The summed E-state index contributed by atoms with van der Waals surface area (Å²) in [5, 5.41) is 0.594. The summed E-state index contributed by atoms with van der Waals surface area (Å²) in [7, 11) is 0. The van der Waals surface area contributed by atoms with Crippen LogP contribution in [0.15, 0.2) is 18.2 Å². The fraction of sp³-hybridized carbons (Fsp3) is 0.579. The van der Waals surface area contributed by atoms with Crippen LogP contribution in [0.3, 0.4) is 0 Å². The van der Waals surface area contributed by atoms with Crippen LogP contribution in [-0.4, -0.2) is 54.5 Å². The van der Waals surface area contributed by atoms with Gasteiger partial charge in [0.1, 0.15) is 5.75 Å². The van der Waals surface area contributed by atoms with Crippen molar-refractivity contribution in [3.63, 3.8) is 0 Å². The van der Waals surface area contributed by atoms with E-state index < -0.39 is 0 Å². The van der Waals surface area contributed by atoms with Gasteiger partial charge in [-0.05, 0) is 61.8 Å². The number of amides is 2. The second-order valence-corrected chi connectivity index (χ2v) is 7.57. The number of halogens is 1. The molecule has 2 aliphatic rings. The molecular formula is C19H26ClN3O3. The number of benzene rings is 1. The minimum atomic E-state index is -0.0634. The summed E-state index contributed by atoms with van der Waals surface area (Å²) in [5.41, 5.74) is 7.28. The topological polar surface area (TPSA) is 75.9 Å². The van der Waals surface area contributed by atoms with Crippen molar-refractivity contribution >= 4 is 24.1 Å². The number of hydrogen-bond acceptors (Lipinski definition) is 4. The van der Waals surface area contributed by atoms with Crippen molar-refractivity contribution < 1.29 is 14.3 Å². The summed E-state index contributed by atoms with van der Waals surface area (Å²) in [6, 6.07) is 5.29. The molecule has 2 fully saturated rings. The Bertz CT molecular complexity index is 641. The molecule has 1 unspecified atom stereocenters. The van der Waals surface area contributed by atoms with Gasteiger partial charge in [-0.2, -0.15) is 0 Å². The van der Waals surface area contributed by atoms with E-state index >= 15 is 0 Å². The Kier molecular flexibility index (Phi) is 6.38. The van der Waals surface area contributed by atoms with E-state index in [0.717, 1.165) is 57.4 Å². The Labute approximate surface area is 159 Å². The highest BCUT2D eigenvalue weighted by molar-refractivity contribution is 6.30. The number of nitrogens with zero attached hydrogens (tertiary/aromatic N) is 2. The van der Waals surface area contributed by atoms with Crippen LogP contribution in [-0.2, 0) is 11.2 Å². The maximum Gasteiger partial charge on any atom is 0.319 e. The number of rotatable bonds is 5. The van der Waals surface area contributed by atoms with Gasteiger partial charge in [0.2, 0.25) is 0 Å². The first-order chi connectivity index (χ1) is 12.6. The van der Waals surface area contributed by atoms with Gasteiger partial charge in [-0.15, -0.1) is 0 Å². The van der Waals surface area contributed by atoms with Gasteiger partial charge in [-0.1, -0.05) is 11.6 Å². The number of urea groups is 1. The maximum absolute atomic E-state index is 12.5. The fourth-order valence-corrected chi connectivity index (χ4v) is 4.12. The monoisotopic (exact) mass is 379 g/mol. The number of carbonyl (C=O) groups excluding carboxylic acids is 2. The van der Waals surface area contributed by atoms with Gasteiger partial charge in [-0.3, -0.25) is 4.79 Å². The number of likely N-dealkylation sites (tertiary alicyclic amines) is 2. The van der Waals surface area contributed by atoms with E-state index in [4.69, 9.17) is 22.1 Å². The Morgan fingerprint density at radius 2 is 1.88 bits per heavy atom. The first kappa shape index (κ1) is 19.0. The van der Waals surface area contributed by atoms with Crippen molar-refractivity contribution in [2.75, 3.05) is 26.2 Å². The Hall–Kier alpha value is -1.79. The number of ether oxygens (including phenoxy) is 1. The van der Waals surface area contributed by atoms with Gasteiger partial charge in [0.05, 0.1) is 0 Å². The fourth-order valence-electron chi connectivity index (χ4n) is 3.92. The van der Waals surface area contributed by atoms with E-state index in [0.29, 0.717) is 29.6 Å². The minimum Gasteiger partial charge on any atom is -0.428 e. The van der Waals surface area contributed by atoms with E-state index in [-0.39, 0.29) is 12.1 Å². The van der Waals surface area contributed by atoms with Crippen molar-refractivity contribution in [2.24, 2.45) is 11.7 Å². The quantitative estimate of drug-likeness (QED) is 0.798. The van der Waals surface area contributed by atoms with Crippen LogP contribution in [0.4, 0.5) is 4.79 Å². The second kappa shape index (κ2) is 8.73. The minimum absolute atomic E-state index is 0.0634. The number of piperidine rings is 1. The van der Waals surface area contributed by atoms with Crippen LogP contribution in [0.2, 0.25) is 5.02 Å². The number of nitrogens with two attached hydrogens (primary N) is 1. The lowest BCUT2D eigenvalue weighted by molar-refractivity contribution is -0.120. The summed E-state index contributed by atoms with van der Waals surface area (Å²) in [6.07, 6.45) is 4.60. The molecular weight excluding hydrogens is 354 g/mol. The van der Waals surface area contributed by atoms with Crippen molar-refractivity contribution in [2.45, 2.75) is 38.1 Å². The first-order valence-corrected chi connectivity index (χ1v) is 9.64. The van der Waals surface area contributed by atoms with Crippen molar-refractivity contribution in [3.05, 3.63) is 28.8 Å². The van der Waals surface area contributed by atoms with Gasteiger partial charge in [0.25, 0.3) is 6.47 Å². The predicted molar refractivity (Wildman–Crippen MR) is 100 cm³/mol. The lowest BCUT2D eigenvalue weighted by atomic mass is 9.86. The predicted octanol–water partition coefficient (Wildman–Crippen LogP) is 2.67. The molecule has 2 heterocycles. The smallest absolute Gasteiger partial charge is 0.319 e. The Morgan fingerprint density at radius 1 is 1.23 bits per heavy atom. The van der Waals surface area contributed by atoms with Crippen molar-refractivity contribution in [1.29, 1.82) is 0 Å². The molecule has 0 aromatic heterocycles. The largest absolute Gasteiger partial charge is 0.428 e. The third-order valence-electron chi connectivity index (χ3n) is 5.45. The molecule has 1 atom stereocenters. The zero-order chi connectivity index (χ0) is 18.5. The highest BCUT2D eigenvalue weighted by Crippen LogP contribution is 2.28. The van der Waals surface area contributed by atoms with Crippen LogP contribution in [0.5, 0.6) is 5.75 Å². The molecule has 0 radical (unpaired) electrons. The van der Waals surface area contributed by atoms with E-state index in [1.54, 1.807) is 18.2 Å². The van der Waals surface area contributed by atoms with Crippen LogP contribution >= 0.6 is 11.6 Å². The molecule has 0 aliphatic carbocycles. The third-order valence-corrected chi connectivity index (χ3v) is 5.68. The molecule has 6 nitrogen and oxygen atoms in total. The number of hydrogen-bond donors (Lipinski definition) is 1. The van der Waals surface area contributed by atoms with Crippen molar-refractivity contribution in [3.8, 4) is 5.75 Å². The second-order valence-electron chi connectivity index (χ2n) is 7.14. The maximum atomic E-state index is 12.5. The molecule has 0 saturated carbocycles. The summed E-state index contributed by atoms with van der Waals surface area (Å²) < 4.78 is 5.03. The third kappa shape index (κ3) is 4.48. The SMILES string of the molecule is NC(Cc1cc(Cl)ccc1OC=O)C1CCN(C(=O)N2CCCC2)CC1. The molecule has 7 heteroatoms. The zero-order valence-electron chi connectivity index (χ0n) is 14.9. The van der Waals surface area contributed by atoms with Crippen molar-refractivity contribution in [1.82, 2.24) is 9.80 Å². The summed E-state index contributed by atoms with van der Waals surface area (Å²) in [4.78, 5) is 27.1. The average molecular weight is 380 g/mol. The Morgan fingerprint density at radius 3 is 2.54 bits per heavy atom. The molecule has 0 spiro atoms. The van der Waals surface area contributed by atoms with E-state index in [1.807, 2.05) is 9.80 Å². The number of carbonyl (C=O) groups is 2. The van der Waals surface area contributed by atoms with Gasteiger partial charge < -0.3 is 20.3 Å². The van der Waals surface area contributed by atoms with Gasteiger partial charge >= 0.3 is 6.03 Å². The standard InChI is InChI=1S/C19H26ClN3O3/c20-16-3-4-18(26-13-24)15(11-16)12-17(21)14-5-9-23(10-6-14)19(25)22-7-1-2-8-22/h3-4,11,13-14,17H,1-2,5-10,12,21H2.